The number of anilines is 1. The van der Waals surface area contributed by atoms with Crippen LogP contribution in [0, 0.1) is 5.82 Å². The van der Waals surface area contributed by atoms with E-state index in [2.05, 4.69) is 15.2 Å². The molecule has 2 aliphatic heterocycles. The van der Waals surface area contributed by atoms with Crippen molar-refractivity contribution in [3.8, 4) is 0 Å². The Labute approximate surface area is 222 Å². The Balaban J connectivity index is 1.32. The van der Waals surface area contributed by atoms with Gasteiger partial charge in [0.2, 0.25) is 0 Å². The van der Waals surface area contributed by atoms with Crippen LogP contribution in [0.25, 0.3) is 0 Å². The molecule has 2 aliphatic rings. The van der Waals surface area contributed by atoms with E-state index in [9.17, 15) is 32.3 Å². The van der Waals surface area contributed by atoms with Gasteiger partial charge in [-0.15, -0.1) is 0 Å². The molecule has 4 rings (SSSR count). The minimum atomic E-state index is -5.45. The van der Waals surface area contributed by atoms with E-state index in [0.29, 0.717) is 36.5 Å². The van der Waals surface area contributed by atoms with Gasteiger partial charge >= 0.3 is 6.18 Å². The number of piperidine rings is 1. The van der Waals surface area contributed by atoms with Gasteiger partial charge in [0.1, 0.15) is 11.5 Å². The summed E-state index contributed by atoms with van der Waals surface area (Å²) in [6, 6.07) is 7.10. The molecule has 2 saturated heterocycles. The zero-order valence-corrected chi connectivity index (χ0v) is 21.6. The number of nitrogens with zero attached hydrogens (tertiary/aromatic N) is 4. The Morgan fingerprint density at radius 3 is 2.37 bits per heavy atom. The molecular weight excluding hydrogens is 530 g/mol. The maximum atomic E-state index is 14.1. The lowest BCUT2D eigenvalue weighted by molar-refractivity contribution is -0.264. The number of amides is 2. The first-order chi connectivity index (χ1) is 17.8. The molecule has 2 aromatic rings. The minimum absolute atomic E-state index is 0.0120. The van der Waals surface area contributed by atoms with E-state index in [4.69, 9.17) is 11.6 Å². The number of likely N-dealkylation sites (tertiary alicyclic amines) is 2. The molecule has 1 aromatic carbocycles. The average molecular weight is 558 g/mol. The molecule has 0 aliphatic carbocycles. The smallest absolute Gasteiger partial charge is 0.380 e. The third-order valence-corrected chi connectivity index (χ3v) is 7.29. The molecule has 1 aromatic heterocycles. The van der Waals surface area contributed by atoms with E-state index in [1.165, 1.54) is 4.90 Å². The fourth-order valence-corrected chi connectivity index (χ4v) is 5.09. The average Bonchev–Trinajstić information content (AvgIpc) is 2.84. The SMILES string of the molecule is CN(C)C(=O)c1ccc(NC2CN(C3CCN(C(=O)C(O)(c4ncccc4F)C(F)(F)F)CC3)C2)cc1Cl. The number of halogens is 5. The minimum Gasteiger partial charge on any atom is -0.380 e. The molecule has 2 amide bonds. The summed E-state index contributed by atoms with van der Waals surface area (Å²) >= 11 is 6.27. The second-order valence-corrected chi connectivity index (χ2v) is 10.2. The van der Waals surface area contributed by atoms with Gasteiger partial charge < -0.3 is 20.2 Å². The lowest BCUT2D eigenvalue weighted by atomic mass is 9.92. The second kappa shape index (κ2) is 10.7. The maximum Gasteiger partial charge on any atom is 0.432 e. The normalized spacial score (nSPS) is 19.0. The van der Waals surface area contributed by atoms with E-state index < -0.39 is 29.2 Å². The molecule has 13 heteroatoms. The van der Waals surface area contributed by atoms with Crippen LogP contribution in [0.1, 0.15) is 28.9 Å². The molecule has 3 heterocycles. The lowest BCUT2D eigenvalue weighted by Crippen LogP contribution is -2.62. The number of carbonyl (C=O) groups excluding carboxylic acids is 2. The molecule has 8 nitrogen and oxygen atoms in total. The Morgan fingerprint density at radius 1 is 1.16 bits per heavy atom. The van der Waals surface area contributed by atoms with Crippen molar-refractivity contribution in [1.29, 1.82) is 0 Å². The number of rotatable bonds is 6. The number of hydrogen-bond donors (Lipinski definition) is 2. The summed E-state index contributed by atoms with van der Waals surface area (Å²) < 4.78 is 55.7. The number of nitrogens with one attached hydrogen (secondary N) is 1. The number of benzene rings is 1. The summed E-state index contributed by atoms with van der Waals surface area (Å²) in [5.41, 5.74) is -4.24. The van der Waals surface area contributed by atoms with Gasteiger partial charge in [-0.3, -0.25) is 19.5 Å². The predicted molar refractivity (Wildman–Crippen MR) is 132 cm³/mol. The van der Waals surface area contributed by atoms with Crippen molar-refractivity contribution in [3.63, 3.8) is 0 Å². The Hall–Kier alpha value is -2.96. The maximum absolute atomic E-state index is 14.1. The van der Waals surface area contributed by atoms with Gasteiger partial charge in [-0.25, -0.2) is 4.39 Å². The highest BCUT2D eigenvalue weighted by atomic mass is 35.5. The summed E-state index contributed by atoms with van der Waals surface area (Å²) in [6.45, 7) is 1.34. The summed E-state index contributed by atoms with van der Waals surface area (Å²) in [6.07, 6.45) is -3.74. The van der Waals surface area contributed by atoms with Crippen molar-refractivity contribution < 1.29 is 32.3 Å². The zero-order valence-electron chi connectivity index (χ0n) is 20.8. The molecule has 38 heavy (non-hydrogen) atoms. The molecular formula is C25H28ClF4N5O3. The van der Waals surface area contributed by atoms with Gasteiger partial charge in [-0.2, -0.15) is 13.2 Å². The van der Waals surface area contributed by atoms with Crippen LogP contribution in [0.2, 0.25) is 5.02 Å². The van der Waals surface area contributed by atoms with Crippen LogP contribution in [-0.4, -0.2) is 95.1 Å². The van der Waals surface area contributed by atoms with E-state index in [1.54, 1.807) is 32.3 Å². The van der Waals surface area contributed by atoms with Crippen LogP contribution in [0.4, 0.5) is 23.2 Å². The Morgan fingerprint density at radius 2 is 1.82 bits per heavy atom. The Bertz CT molecular complexity index is 1200. The van der Waals surface area contributed by atoms with Crippen molar-refractivity contribution in [2.75, 3.05) is 45.6 Å². The summed E-state index contributed by atoms with van der Waals surface area (Å²) in [7, 11) is 3.29. The van der Waals surface area contributed by atoms with Crippen molar-refractivity contribution in [1.82, 2.24) is 19.7 Å². The predicted octanol–water partition coefficient (Wildman–Crippen LogP) is 3.11. The summed E-state index contributed by atoms with van der Waals surface area (Å²) in [4.78, 5) is 32.9. The molecule has 206 valence electrons. The molecule has 1 unspecified atom stereocenters. The summed E-state index contributed by atoms with van der Waals surface area (Å²) in [5, 5.41) is 14.1. The highest BCUT2D eigenvalue weighted by Gasteiger charge is 2.64. The topological polar surface area (TPSA) is 89.0 Å². The number of carbonyl (C=O) groups is 2. The molecule has 2 N–H and O–H groups in total. The second-order valence-electron chi connectivity index (χ2n) is 9.75. The third-order valence-electron chi connectivity index (χ3n) is 6.98. The standard InChI is InChI=1S/C25H28ClF4N5O3/c1-33(2)22(36)18-6-5-15(12-19(18)26)32-16-13-35(14-16)17-7-10-34(11-8-17)23(37)24(38,25(28,29)30)21-20(27)4-3-9-31-21/h3-6,9,12,16-17,32,38H,7-8,10-11,13-14H2,1-2H3. The molecule has 1 atom stereocenters. The van der Waals surface area contributed by atoms with Gasteiger partial charge in [0.05, 0.1) is 16.6 Å². The van der Waals surface area contributed by atoms with Gasteiger partial charge in [-0.05, 0) is 43.2 Å². The number of alkyl halides is 3. The van der Waals surface area contributed by atoms with Crippen molar-refractivity contribution in [3.05, 3.63) is 58.6 Å². The van der Waals surface area contributed by atoms with Crippen LogP contribution < -0.4 is 5.32 Å². The number of hydrogen-bond acceptors (Lipinski definition) is 6. The van der Waals surface area contributed by atoms with E-state index >= 15 is 0 Å². The van der Waals surface area contributed by atoms with Crippen molar-refractivity contribution in [2.45, 2.75) is 36.7 Å². The molecule has 2 fully saturated rings. The van der Waals surface area contributed by atoms with Crippen LogP contribution >= 0.6 is 11.6 Å². The van der Waals surface area contributed by atoms with E-state index in [1.807, 2.05) is 0 Å². The van der Waals surface area contributed by atoms with Crippen LogP contribution in [0.3, 0.4) is 0 Å². The largest absolute Gasteiger partial charge is 0.432 e. The molecule has 0 radical (unpaired) electrons. The van der Waals surface area contributed by atoms with Crippen LogP contribution in [0.15, 0.2) is 36.5 Å². The molecule has 0 bridgehead atoms. The number of aromatic nitrogens is 1. The van der Waals surface area contributed by atoms with E-state index in [0.717, 1.165) is 28.9 Å². The lowest BCUT2D eigenvalue weighted by Gasteiger charge is -2.48. The summed E-state index contributed by atoms with van der Waals surface area (Å²) in [5.74, 6) is -3.23. The first-order valence-electron chi connectivity index (χ1n) is 12.0. The van der Waals surface area contributed by atoms with Gasteiger partial charge in [-0.1, -0.05) is 11.6 Å². The van der Waals surface area contributed by atoms with E-state index in [-0.39, 0.29) is 31.1 Å². The first kappa shape index (κ1) is 28.1. The monoisotopic (exact) mass is 557 g/mol. The quantitative estimate of drug-likeness (QED) is 0.531. The fraction of sp³-hybridized carbons (Fsp3) is 0.480. The van der Waals surface area contributed by atoms with Gasteiger partial charge in [0.15, 0.2) is 0 Å². The van der Waals surface area contributed by atoms with Crippen LogP contribution in [0.5, 0.6) is 0 Å². The molecule has 0 spiro atoms. The molecule has 0 saturated carbocycles. The zero-order chi connectivity index (χ0) is 27.8. The third kappa shape index (κ3) is 5.29. The number of aliphatic hydroxyl groups is 1. The first-order valence-corrected chi connectivity index (χ1v) is 12.4. The van der Waals surface area contributed by atoms with Crippen LogP contribution in [-0.2, 0) is 10.4 Å². The highest BCUT2D eigenvalue weighted by Crippen LogP contribution is 2.41. The van der Waals surface area contributed by atoms with Crippen molar-refractivity contribution in [2.24, 2.45) is 0 Å². The Kier molecular flexibility index (Phi) is 7.87. The van der Waals surface area contributed by atoms with Gasteiger partial charge in [0, 0.05) is 58.2 Å². The highest BCUT2D eigenvalue weighted by molar-refractivity contribution is 6.34. The van der Waals surface area contributed by atoms with Crippen molar-refractivity contribution >= 4 is 29.1 Å². The van der Waals surface area contributed by atoms with Gasteiger partial charge in [0.25, 0.3) is 17.4 Å². The number of pyridine rings is 1. The fourth-order valence-electron chi connectivity index (χ4n) is 4.83.